The highest BCUT2D eigenvalue weighted by Crippen LogP contribution is 2.27. The Labute approximate surface area is 103 Å². The number of anilines is 1. The zero-order chi connectivity index (χ0) is 12.0. The lowest BCUT2D eigenvalue weighted by Crippen LogP contribution is -2.09. The molecule has 1 aromatic carbocycles. The Morgan fingerprint density at radius 3 is 2.75 bits per heavy atom. The van der Waals surface area contributed by atoms with E-state index in [2.05, 4.69) is 26.0 Å². The van der Waals surface area contributed by atoms with Gasteiger partial charge < -0.3 is 14.8 Å². The maximum Gasteiger partial charge on any atom is 0.307 e. The number of carbonyl (C=O) groups excluding carboxylic acids is 1. The van der Waals surface area contributed by atoms with E-state index in [1.54, 1.807) is 7.11 Å². The summed E-state index contributed by atoms with van der Waals surface area (Å²) >= 11 is 3.39. The molecule has 0 unspecified atom stereocenters. The summed E-state index contributed by atoms with van der Waals surface area (Å²) in [5, 5.41) is 3.12. The Bertz CT molecular complexity index is 368. The van der Waals surface area contributed by atoms with Crippen LogP contribution in [0.1, 0.15) is 6.42 Å². The normalized spacial score (nSPS) is 9.69. The van der Waals surface area contributed by atoms with E-state index in [4.69, 9.17) is 4.74 Å². The highest BCUT2D eigenvalue weighted by Gasteiger charge is 2.02. The van der Waals surface area contributed by atoms with Crippen molar-refractivity contribution in [3.63, 3.8) is 0 Å². The van der Waals surface area contributed by atoms with Gasteiger partial charge in [-0.05, 0) is 34.1 Å². The van der Waals surface area contributed by atoms with Crippen molar-refractivity contribution in [2.45, 2.75) is 6.42 Å². The summed E-state index contributed by atoms with van der Waals surface area (Å²) < 4.78 is 10.5. The molecule has 0 amide bonds. The molecule has 4 nitrogen and oxygen atoms in total. The van der Waals surface area contributed by atoms with E-state index in [9.17, 15) is 4.79 Å². The number of benzene rings is 1. The van der Waals surface area contributed by atoms with Gasteiger partial charge in [0.25, 0.3) is 0 Å². The first-order valence-electron chi connectivity index (χ1n) is 4.81. The fourth-order valence-electron chi connectivity index (χ4n) is 1.19. The smallest absolute Gasteiger partial charge is 0.307 e. The fourth-order valence-corrected chi connectivity index (χ4v) is 1.73. The van der Waals surface area contributed by atoms with Gasteiger partial charge in [-0.3, -0.25) is 4.79 Å². The van der Waals surface area contributed by atoms with Crippen LogP contribution in [0.25, 0.3) is 0 Å². The van der Waals surface area contributed by atoms with Crippen LogP contribution in [0.3, 0.4) is 0 Å². The first-order valence-corrected chi connectivity index (χ1v) is 5.61. The number of ether oxygens (including phenoxy) is 2. The molecule has 5 heteroatoms. The molecule has 0 saturated carbocycles. The second-order valence-corrected chi connectivity index (χ2v) is 3.96. The lowest BCUT2D eigenvalue weighted by Gasteiger charge is -2.08. The summed E-state index contributed by atoms with van der Waals surface area (Å²) in [7, 11) is 3.00. The van der Waals surface area contributed by atoms with Gasteiger partial charge in [0.1, 0.15) is 5.75 Å². The zero-order valence-electron chi connectivity index (χ0n) is 9.25. The third-order valence-corrected chi connectivity index (χ3v) is 2.66. The summed E-state index contributed by atoms with van der Waals surface area (Å²) in [6.07, 6.45) is 0.347. The summed E-state index contributed by atoms with van der Waals surface area (Å²) in [5.74, 6) is 0.554. The number of hydrogen-bond donors (Lipinski definition) is 1. The number of methoxy groups -OCH3 is 2. The van der Waals surface area contributed by atoms with Crippen molar-refractivity contribution >= 4 is 27.6 Å². The van der Waals surface area contributed by atoms with Gasteiger partial charge in [0.2, 0.25) is 0 Å². The molecular formula is C11H14BrNO3. The summed E-state index contributed by atoms with van der Waals surface area (Å²) in [5.41, 5.74) is 0.927. The van der Waals surface area contributed by atoms with Crippen LogP contribution >= 0.6 is 15.9 Å². The van der Waals surface area contributed by atoms with E-state index in [1.165, 1.54) is 7.11 Å². The molecular weight excluding hydrogens is 274 g/mol. The SMILES string of the molecule is COC(=O)CCNc1ccc(OC)c(Br)c1. The molecule has 1 N–H and O–H groups in total. The molecule has 0 atom stereocenters. The van der Waals surface area contributed by atoms with Crippen LogP contribution in [0, 0.1) is 0 Å². The molecule has 1 aromatic rings. The molecule has 0 heterocycles. The van der Waals surface area contributed by atoms with Crippen molar-refractivity contribution in [2.75, 3.05) is 26.1 Å². The second-order valence-electron chi connectivity index (χ2n) is 3.10. The van der Waals surface area contributed by atoms with Crippen molar-refractivity contribution in [2.24, 2.45) is 0 Å². The van der Waals surface area contributed by atoms with E-state index in [-0.39, 0.29) is 5.97 Å². The lowest BCUT2D eigenvalue weighted by molar-refractivity contribution is -0.140. The molecule has 0 aliphatic rings. The maximum atomic E-state index is 10.9. The monoisotopic (exact) mass is 287 g/mol. The van der Waals surface area contributed by atoms with Crippen molar-refractivity contribution in [1.29, 1.82) is 0 Å². The number of rotatable bonds is 5. The van der Waals surface area contributed by atoms with Crippen LogP contribution in [0.2, 0.25) is 0 Å². The van der Waals surface area contributed by atoms with Crippen LogP contribution in [-0.4, -0.2) is 26.7 Å². The summed E-state index contributed by atoms with van der Waals surface area (Å²) in [6.45, 7) is 0.547. The molecule has 0 bridgehead atoms. The van der Waals surface area contributed by atoms with Crippen LogP contribution in [0.15, 0.2) is 22.7 Å². The molecule has 0 aliphatic heterocycles. The van der Waals surface area contributed by atoms with Crippen molar-refractivity contribution in [1.82, 2.24) is 0 Å². The topological polar surface area (TPSA) is 47.6 Å². The van der Waals surface area contributed by atoms with Gasteiger partial charge in [0.15, 0.2) is 0 Å². The zero-order valence-corrected chi connectivity index (χ0v) is 10.8. The Morgan fingerprint density at radius 1 is 1.44 bits per heavy atom. The van der Waals surface area contributed by atoms with Crippen LogP contribution in [0.4, 0.5) is 5.69 Å². The predicted molar refractivity (Wildman–Crippen MR) is 65.8 cm³/mol. The second kappa shape index (κ2) is 6.37. The van der Waals surface area contributed by atoms with E-state index >= 15 is 0 Å². The Balaban J connectivity index is 2.49. The summed E-state index contributed by atoms with van der Waals surface area (Å²) in [4.78, 5) is 10.9. The highest BCUT2D eigenvalue weighted by atomic mass is 79.9. The average molecular weight is 288 g/mol. The van der Waals surface area contributed by atoms with E-state index in [1.807, 2.05) is 18.2 Å². The Kier molecular flexibility index (Phi) is 5.11. The third kappa shape index (κ3) is 3.73. The van der Waals surface area contributed by atoms with Crippen LogP contribution < -0.4 is 10.1 Å². The van der Waals surface area contributed by atoms with Gasteiger partial charge in [-0.15, -0.1) is 0 Å². The minimum Gasteiger partial charge on any atom is -0.496 e. The summed E-state index contributed by atoms with van der Waals surface area (Å²) in [6, 6.07) is 5.64. The Morgan fingerprint density at radius 2 is 2.19 bits per heavy atom. The Hall–Kier alpha value is -1.23. The van der Waals surface area contributed by atoms with Crippen molar-refractivity contribution in [3.8, 4) is 5.75 Å². The quantitative estimate of drug-likeness (QED) is 0.845. The van der Waals surface area contributed by atoms with Crippen LogP contribution in [-0.2, 0) is 9.53 Å². The third-order valence-electron chi connectivity index (χ3n) is 2.04. The van der Waals surface area contributed by atoms with E-state index in [0.717, 1.165) is 15.9 Å². The van der Waals surface area contributed by atoms with Gasteiger partial charge in [0.05, 0.1) is 25.1 Å². The number of nitrogens with one attached hydrogen (secondary N) is 1. The maximum absolute atomic E-state index is 10.9. The molecule has 0 saturated heterocycles. The lowest BCUT2D eigenvalue weighted by atomic mass is 10.3. The average Bonchev–Trinajstić information content (AvgIpc) is 2.29. The van der Waals surface area contributed by atoms with E-state index < -0.39 is 0 Å². The van der Waals surface area contributed by atoms with E-state index in [0.29, 0.717) is 13.0 Å². The van der Waals surface area contributed by atoms with Crippen molar-refractivity contribution < 1.29 is 14.3 Å². The van der Waals surface area contributed by atoms with Crippen LogP contribution in [0.5, 0.6) is 5.75 Å². The minimum atomic E-state index is -0.222. The first-order chi connectivity index (χ1) is 7.67. The number of halogens is 1. The number of carbonyl (C=O) groups is 1. The molecule has 0 aromatic heterocycles. The number of hydrogen-bond acceptors (Lipinski definition) is 4. The molecule has 88 valence electrons. The molecule has 0 aliphatic carbocycles. The van der Waals surface area contributed by atoms with Crippen molar-refractivity contribution in [3.05, 3.63) is 22.7 Å². The molecule has 16 heavy (non-hydrogen) atoms. The standard InChI is InChI=1S/C11H14BrNO3/c1-15-10-4-3-8(7-9(10)12)13-6-5-11(14)16-2/h3-4,7,13H,5-6H2,1-2H3. The van der Waals surface area contributed by atoms with Gasteiger partial charge in [-0.1, -0.05) is 0 Å². The molecule has 0 fully saturated rings. The largest absolute Gasteiger partial charge is 0.496 e. The molecule has 0 spiro atoms. The number of esters is 1. The van der Waals surface area contributed by atoms with Gasteiger partial charge in [-0.2, -0.15) is 0 Å². The molecule has 0 radical (unpaired) electrons. The fraction of sp³-hybridized carbons (Fsp3) is 0.364. The van der Waals surface area contributed by atoms with Gasteiger partial charge in [0, 0.05) is 12.2 Å². The first kappa shape index (κ1) is 12.8. The van der Waals surface area contributed by atoms with Gasteiger partial charge in [-0.25, -0.2) is 0 Å². The predicted octanol–water partition coefficient (Wildman–Crippen LogP) is 2.43. The highest BCUT2D eigenvalue weighted by molar-refractivity contribution is 9.10. The molecule has 1 rings (SSSR count). The van der Waals surface area contributed by atoms with Gasteiger partial charge >= 0.3 is 5.97 Å². The minimum absolute atomic E-state index is 0.222.